The summed E-state index contributed by atoms with van der Waals surface area (Å²) in [6.45, 7) is 4.66. The molecule has 2 unspecified atom stereocenters. The van der Waals surface area contributed by atoms with Gasteiger partial charge in [-0.3, -0.25) is 10.0 Å². The van der Waals surface area contributed by atoms with Crippen LogP contribution in [0.5, 0.6) is 0 Å². The molecule has 0 spiro atoms. The first-order valence-electron chi connectivity index (χ1n) is 6.33. The van der Waals surface area contributed by atoms with Crippen molar-refractivity contribution in [2.24, 2.45) is 22.2 Å². The van der Waals surface area contributed by atoms with Crippen LogP contribution in [-0.4, -0.2) is 11.1 Å². The van der Waals surface area contributed by atoms with E-state index in [-0.39, 0.29) is 11.3 Å². The van der Waals surface area contributed by atoms with Crippen molar-refractivity contribution in [1.82, 2.24) is 5.48 Å². The third-order valence-electron chi connectivity index (χ3n) is 5.21. The fourth-order valence-corrected chi connectivity index (χ4v) is 5.82. The second kappa shape index (κ2) is 2.81. The number of hydroxylamine groups is 1. The molecule has 4 saturated carbocycles. The zero-order valence-electron chi connectivity index (χ0n) is 10.2. The summed E-state index contributed by atoms with van der Waals surface area (Å²) >= 11 is 0. The fourth-order valence-electron chi connectivity index (χ4n) is 5.82. The Balaban J connectivity index is 2.01. The molecule has 90 valence electrons. The maximum Gasteiger partial charge on any atom is 0.249 e. The summed E-state index contributed by atoms with van der Waals surface area (Å²) in [6.07, 6.45) is 6.75. The first-order chi connectivity index (χ1) is 7.39. The van der Waals surface area contributed by atoms with E-state index in [9.17, 15) is 4.79 Å². The van der Waals surface area contributed by atoms with Crippen LogP contribution in [0, 0.1) is 22.2 Å². The summed E-state index contributed by atoms with van der Waals surface area (Å²) in [6, 6.07) is 0. The molecule has 0 aliphatic heterocycles. The summed E-state index contributed by atoms with van der Waals surface area (Å²) in [5.74, 6) is 0.567. The van der Waals surface area contributed by atoms with Gasteiger partial charge in [0.1, 0.15) is 0 Å². The second-order valence-corrected chi connectivity index (χ2v) is 7.35. The molecule has 0 aromatic carbocycles. The molecule has 0 aromatic rings. The van der Waals surface area contributed by atoms with E-state index < -0.39 is 0 Å². The molecule has 4 aliphatic rings. The Morgan fingerprint density at radius 2 is 1.69 bits per heavy atom. The van der Waals surface area contributed by atoms with E-state index in [4.69, 9.17) is 5.21 Å². The van der Waals surface area contributed by atoms with Gasteiger partial charge in [-0.2, -0.15) is 0 Å². The molecule has 3 heteroatoms. The molecule has 2 N–H and O–H groups in total. The Morgan fingerprint density at radius 3 is 2.12 bits per heavy atom. The summed E-state index contributed by atoms with van der Waals surface area (Å²) in [4.78, 5) is 12.0. The third-order valence-corrected chi connectivity index (χ3v) is 5.21. The molecular weight excluding hydrogens is 202 g/mol. The van der Waals surface area contributed by atoms with Crippen molar-refractivity contribution in [1.29, 1.82) is 0 Å². The molecule has 0 radical (unpaired) electrons. The van der Waals surface area contributed by atoms with Crippen LogP contribution in [0.2, 0.25) is 0 Å². The second-order valence-electron chi connectivity index (χ2n) is 7.35. The molecule has 0 aromatic heterocycles. The van der Waals surface area contributed by atoms with Gasteiger partial charge in [0.15, 0.2) is 0 Å². The van der Waals surface area contributed by atoms with Gasteiger partial charge in [-0.05, 0) is 55.3 Å². The predicted octanol–water partition coefficient (Wildman–Crippen LogP) is 2.49. The predicted molar refractivity (Wildman–Crippen MR) is 59.8 cm³/mol. The highest BCUT2D eigenvalue weighted by Crippen LogP contribution is 2.69. The van der Waals surface area contributed by atoms with Gasteiger partial charge in [-0.25, -0.2) is 5.48 Å². The minimum Gasteiger partial charge on any atom is -0.289 e. The molecule has 2 atom stereocenters. The average molecular weight is 223 g/mol. The highest BCUT2D eigenvalue weighted by molar-refractivity contribution is 5.82. The molecule has 4 fully saturated rings. The summed E-state index contributed by atoms with van der Waals surface area (Å²) in [5.41, 5.74) is 2.32. The van der Waals surface area contributed by atoms with E-state index >= 15 is 0 Å². The summed E-state index contributed by atoms with van der Waals surface area (Å²) in [7, 11) is 0. The van der Waals surface area contributed by atoms with E-state index in [2.05, 4.69) is 13.8 Å². The molecule has 3 nitrogen and oxygen atoms in total. The first kappa shape index (κ1) is 10.6. The minimum absolute atomic E-state index is 0.131. The quantitative estimate of drug-likeness (QED) is 0.530. The lowest BCUT2D eigenvalue weighted by molar-refractivity contribution is -0.177. The minimum atomic E-state index is -0.266. The third kappa shape index (κ3) is 1.27. The Labute approximate surface area is 96.6 Å². The molecule has 1 amide bonds. The molecule has 16 heavy (non-hydrogen) atoms. The smallest absolute Gasteiger partial charge is 0.249 e. The molecule has 0 heterocycles. The van der Waals surface area contributed by atoms with Crippen molar-refractivity contribution in [3.05, 3.63) is 0 Å². The van der Waals surface area contributed by atoms with Crippen LogP contribution >= 0.6 is 0 Å². The highest BCUT2D eigenvalue weighted by atomic mass is 16.5. The summed E-state index contributed by atoms with van der Waals surface area (Å²) < 4.78 is 0. The van der Waals surface area contributed by atoms with E-state index in [0.717, 1.165) is 19.3 Å². The van der Waals surface area contributed by atoms with E-state index in [1.165, 1.54) is 19.3 Å². The van der Waals surface area contributed by atoms with E-state index in [1.54, 1.807) is 0 Å². The SMILES string of the molecule is CC12CC3CC(C)(C1)CC(C(=O)NO)(C3)C2. The number of carbonyl (C=O) groups is 1. The largest absolute Gasteiger partial charge is 0.289 e. The molecule has 0 saturated heterocycles. The normalized spacial score (nSPS) is 54.1. The Morgan fingerprint density at radius 1 is 1.12 bits per heavy atom. The zero-order chi connectivity index (χ0) is 11.6. The average Bonchev–Trinajstić information content (AvgIpc) is 2.10. The molecule has 4 bridgehead atoms. The highest BCUT2D eigenvalue weighted by Gasteiger charge is 2.62. The lowest BCUT2D eigenvalue weighted by atomic mass is 9.40. The van der Waals surface area contributed by atoms with Gasteiger partial charge >= 0.3 is 0 Å². The van der Waals surface area contributed by atoms with Crippen molar-refractivity contribution in [3.8, 4) is 0 Å². The number of hydrogen-bond acceptors (Lipinski definition) is 2. The number of nitrogens with one attached hydrogen (secondary N) is 1. The van der Waals surface area contributed by atoms with Crippen LogP contribution < -0.4 is 5.48 Å². The van der Waals surface area contributed by atoms with Crippen LogP contribution in [0.3, 0.4) is 0 Å². The van der Waals surface area contributed by atoms with Crippen molar-refractivity contribution in [2.45, 2.75) is 52.4 Å². The maximum absolute atomic E-state index is 12.0. The van der Waals surface area contributed by atoms with Crippen LogP contribution in [0.1, 0.15) is 52.4 Å². The van der Waals surface area contributed by atoms with Crippen molar-refractivity contribution >= 4 is 5.91 Å². The Bertz CT molecular complexity index is 334. The monoisotopic (exact) mass is 223 g/mol. The van der Waals surface area contributed by atoms with Gasteiger partial charge in [0, 0.05) is 0 Å². The molecular formula is C13H21NO2. The van der Waals surface area contributed by atoms with Crippen LogP contribution in [0.4, 0.5) is 0 Å². The zero-order valence-corrected chi connectivity index (χ0v) is 10.2. The lowest BCUT2D eigenvalue weighted by Gasteiger charge is -2.64. The van der Waals surface area contributed by atoms with E-state index in [1.807, 2.05) is 5.48 Å². The fraction of sp³-hybridized carbons (Fsp3) is 0.923. The van der Waals surface area contributed by atoms with Gasteiger partial charge in [0.2, 0.25) is 5.91 Å². The van der Waals surface area contributed by atoms with Gasteiger partial charge in [-0.15, -0.1) is 0 Å². The first-order valence-corrected chi connectivity index (χ1v) is 6.33. The van der Waals surface area contributed by atoms with Crippen molar-refractivity contribution in [3.63, 3.8) is 0 Å². The number of hydrogen-bond donors (Lipinski definition) is 2. The topological polar surface area (TPSA) is 49.3 Å². The van der Waals surface area contributed by atoms with Crippen LogP contribution in [0.15, 0.2) is 0 Å². The van der Waals surface area contributed by atoms with Gasteiger partial charge in [0.05, 0.1) is 5.41 Å². The van der Waals surface area contributed by atoms with Crippen molar-refractivity contribution in [2.75, 3.05) is 0 Å². The molecule has 4 rings (SSSR count). The van der Waals surface area contributed by atoms with Crippen LogP contribution in [0.25, 0.3) is 0 Å². The number of amides is 1. The number of rotatable bonds is 1. The summed E-state index contributed by atoms with van der Waals surface area (Å²) in [5, 5.41) is 8.96. The maximum atomic E-state index is 12.0. The Kier molecular flexibility index (Phi) is 1.86. The number of carbonyl (C=O) groups excluding carboxylic acids is 1. The Hall–Kier alpha value is -0.570. The van der Waals surface area contributed by atoms with Crippen molar-refractivity contribution < 1.29 is 10.0 Å². The molecule has 4 aliphatic carbocycles. The van der Waals surface area contributed by atoms with Crippen LogP contribution in [-0.2, 0) is 4.79 Å². The standard InChI is InChI=1S/C13H21NO2/c1-11-3-9-4-12(2,6-11)8-13(5-9,7-11)10(15)14-16/h9,16H,3-8H2,1-2H3,(H,14,15). The van der Waals surface area contributed by atoms with Gasteiger partial charge in [0.25, 0.3) is 0 Å². The van der Waals surface area contributed by atoms with Gasteiger partial charge < -0.3 is 0 Å². The lowest BCUT2D eigenvalue weighted by Crippen LogP contribution is -2.59. The van der Waals surface area contributed by atoms with E-state index in [0.29, 0.717) is 16.7 Å². The van der Waals surface area contributed by atoms with Gasteiger partial charge in [-0.1, -0.05) is 13.8 Å².